The van der Waals surface area contributed by atoms with Gasteiger partial charge in [0.1, 0.15) is 0 Å². The summed E-state index contributed by atoms with van der Waals surface area (Å²) in [6.07, 6.45) is 15.9. The molecule has 4 saturated carbocycles. The zero-order chi connectivity index (χ0) is 69.1. The maximum atomic E-state index is 14.6. The van der Waals surface area contributed by atoms with Crippen LogP contribution in [0.1, 0.15) is 209 Å². The number of fused-ring (bicyclic) bond motifs is 6. The van der Waals surface area contributed by atoms with E-state index in [2.05, 4.69) is 255 Å². The van der Waals surface area contributed by atoms with Crippen molar-refractivity contribution in [3.63, 3.8) is 0 Å². The van der Waals surface area contributed by atoms with Gasteiger partial charge in [-0.2, -0.15) is 0 Å². The Morgan fingerprint density at radius 2 is 0.719 bits per heavy atom. The van der Waals surface area contributed by atoms with Crippen molar-refractivity contribution in [1.82, 2.24) is 10.3 Å². The monoisotopic (exact) mass is 1280 g/mol. The minimum Gasteiger partial charge on any atom is -0.354 e. The van der Waals surface area contributed by atoms with Gasteiger partial charge in [-0.15, -0.1) is 0 Å². The molecule has 0 saturated heterocycles. The van der Waals surface area contributed by atoms with Gasteiger partial charge < -0.3 is 26.3 Å². The average molecular weight is 1290 g/mol. The van der Waals surface area contributed by atoms with Gasteiger partial charge in [-0.3, -0.25) is 24.5 Å². The van der Waals surface area contributed by atoms with E-state index in [1.165, 1.54) is 22.3 Å². The summed E-state index contributed by atoms with van der Waals surface area (Å²) in [5.74, 6) is -0.991. The number of amides is 4. The van der Waals surface area contributed by atoms with E-state index in [-0.39, 0.29) is 90.6 Å². The number of aromatic nitrogens is 1. The van der Waals surface area contributed by atoms with Crippen LogP contribution in [-0.2, 0) is 40.8 Å². The second-order valence-corrected chi connectivity index (χ2v) is 35.8. The van der Waals surface area contributed by atoms with Crippen LogP contribution < -0.4 is 37.3 Å². The maximum Gasteiger partial charge on any atom is 0.228 e. The number of H-pyrrole nitrogens is 1. The van der Waals surface area contributed by atoms with E-state index in [4.69, 9.17) is 9.98 Å². The van der Waals surface area contributed by atoms with Crippen molar-refractivity contribution >= 4 is 80.1 Å². The van der Waals surface area contributed by atoms with Gasteiger partial charge in [0, 0.05) is 67.8 Å². The molecule has 4 fully saturated rings. The number of nitrogens with one attached hydrogen (secondary N) is 6. The van der Waals surface area contributed by atoms with E-state index in [0.717, 1.165) is 64.6 Å². The van der Waals surface area contributed by atoms with E-state index >= 15 is 0 Å². The van der Waals surface area contributed by atoms with Crippen molar-refractivity contribution in [2.45, 2.75) is 198 Å². The van der Waals surface area contributed by atoms with E-state index < -0.39 is 12.1 Å². The lowest BCUT2D eigenvalue weighted by molar-refractivity contribution is -0.118. The molecule has 0 radical (unpaired) electrons. The van der Waals surface area contributed by atoms with E-state index in [1.807, 2.05) is 36.4 Å². The normalized spacial score (nSPS) is 26.6. The summed E-state index contributed by atoms with van der Waals surface area (Å²) in [5.41, 5.74) is 14.8. The fourth-order valence-corrected chi connectivity index (χ4v) is 14.6. The molecule has 6 atom stereocenters. The summed E-state index contributed by atoms with van der Waals surface area (Å²) < 4.78 is 0. The van der Waals surface area contributed by atoms with Crippen molar-refractivity contribution in [2.24, 2.45) is 55.3 Å². The van der Waals surface area contributed by atoms with Crippen LogP contribution in [0.2, 0.25) is 0 Å². The van der Waals surface area contributed by atoms with E-state index in [9.17, 15) is 19.2 Å². The molecule has 4 amide bonds. The van der Waals surface area contributed by atoms with Crippen molar-refractivity contribution < 1.29 is 19.2 Å². The Balaban J connectivity index is 1.15. The Morgan fingerprint density at radius 1 is 0.406 bits per heavy atom. The van der Waals surface area contributed by atoms with Crippen LogP contribution >= 0.6 is 0 Å². The predicted octanol–water partition coefficient (Wildman–Crippen LogP) is 16.3. The minimum absolute atomic E-state index is 0.0612. The van der Waals surface area contributed by atoms with E-state index in [1.54, 1.807) is 0 Å². The summed E-state index contributed by atoms with van der Waals surface area (Å²) in [6, 6.07) is 28.8. The van der Waals surface area contributed by atoms with Crippen LogP contribution in [0, 0.1) is 45.3 Å². The smallest absolute Gasteiger partial charge is 0.228 e. The number of aliphatic imine (C=N–C) groups is 2. The van der Waals surface area contributed by atoms with Crippen LogP contribution in [0.15, 0.2) is 143 Å². The molecule has 8 bridgehead atoms. The van der Waals surface area contributed by atoms with Gasteiger partial charge in [-0.05, 0) is 163 Å². The number of anilines is 4. The number of hydrogen-bond donors (Lipinski definition) is 6. The number of benzene rings is 4. The first kappa shape index (κ1) is 66.4. The number of aromatic amines is 1. The largest absolute Gasteiger partial charge is 0.354 e. The van der Waals surface area contributed by atoms with Gasteiger partial charge in [0.2, 0.25) is 23.6 Å². The molecule has 1 aromatic heterocycles. The summed E-state index contributed by atoms with van der Waals surface area (Å²) in [5, 5.41) is 19.4. The first-order valence-electron chi connectivity index (χ1n) is 34.9. The van der Waals surface area contributed by atoms with Crippen molar-refractivity contribution in [2.75, 3.05) is 21.3 Å². The molecule has 96 heavy (non-hydrogen) atoms. The predicted molar refractivity (Wildman–Crippen MR) is 395 cm³/mol. The Labute approximate surface area is 569 Å². The van der Waals surface area contributed by atoms with Crippen molar-refractivity contribution in [3.05, 3.63) is 188 Å². The Morgan fingerprint density at radius 3 is 1.07 bits per heavy atom. The number of allylic oxidation sites excluding steroid dienone is 4. The Kier molecular flexibility index (Phi) is 15.7. The van der Waals surface area contributed by atoms with Crippen molar-refractivity contribution in [3.8, 4) is 0 Å². The highest BCUT2D eigenvalue weighted by Gasteiger charge is 2.54. The molecule has 500 valence electrons. The summed E-state index contributed by atoms with van der Waals surface area (Å²) in [4.78, 5) is 74.3. The molecule has 4 aromatic carbocycles. The van der Waals surface area contributed by atoms with Crippen LogP contribution in [-0.4, -0.2) is 52.1 Å². The average Bonchev–Trinajstić information content (AvgIpc) is 1.58. The molecule has 6 N–H and O–H groups in total. The molecule has 4 aliphatic carbocycles. The second kappa shape index (κ2) is 22.7. The molecule has 8 aliphatic rings. The quantitative estimate of drug-likeness (QED) is 0.0683. The van der Waals surface area contributed by atoms with Crippen molar-refractivity contribution in [1.29, 1.82) is 0 Å². The van der Waals surface area contributed by atoms with Crippen LogP contribution in [0.4, 0.5) is 22.7 Å². The van der Waals surface area contributed by atoms with Crippen LogP contribution in [0.5, 0.6) is 0 Å². The molecular formula is C84H100N8O4. The lowest BCUT2D eigenvalue weighted by atomic mass is 9.78. The molecule has 12 heteroatoms. The summed E-state index contributed by atoms with van der Waals surface area (Å²) >= 11 is 0. The lowest BCUT2D eigenvalue weighted by Gasteiger charge is -2.29. The fraction of sp³-hybridized carbons (Fsp3) is 0.452. The van der Waals surface area contributed by atoms with Gasteiger partial charge in [0.25, 0.3) is 0 Å². The van der Waals surface area contributed by atoms with Gasteiger partial charge >= 0.3 is 0 Å². The number of rotatable bonds is 12. The summed E-state index contributed by atoms with van der Waals surface area (Å²) in [6.45, 7) is 44.1. The summed E-state index contributed by atoms with van der Waals surface area (Å²) in [7, 11) is 0. The van der Waals surface area contributed by atoms with E-state index in [0.29, 0.717) is 61.9 Å². The van der Waals surface area contributed by atoms with Gasteiger partial charge in [-0.25, -0.2) is 9.98 Å². The highest BCUT2D eigenvalue weighted by molar-refractivity contribution is 6.33. The number of carbonyl (C=O) groups excluding carboxylic acids is 4. The molecule has 13 rings (SSSR count). The number of hydrogen-bond acceptors (Lipinski definition) is 7. The third kappa shape index (κ3) is 12.8. The van der Waals surface area contributed by atoms with Crippen LogP contribution in [0.25, 0.3) is 22.3 Å². The SMILES string of the molecule is CC(C)(C)c1cc(/C2=C3\C=CC(=N3)/C(c3c(NC(=O)[C@H]4CC4(C)C)cccc3NC(=O)[C@H]3CC3(C)C)=c3/cc/c([nH]3)=C(\c3cc(C(C)(C)C)cc(C(C)(C)C)c3)C3=N/C(=C(/c4c(NC(=O)[C@H]5CC5(C)C)cccc4NC(=O)[C@H]4CC4(C)C)C4C=CC2N4)C=C3)cc(C(C)(C)C)c1. The first-order chi connectivity index (χ1) is 44.7. The standard InChI is InChI=1S/C84H100N8O4/c1-77(2,3)47-35-45(36-48(39-47)78(4,5)6)67-59-27-31-63(85-59)71(69-55(89-73(93)51-41-81(51,13)14)23-21-24-56(69)90-74(94)52-42-82(52,15)16)65-33-29-61(87-65)68(46-37-49(79(7,8)9)40-50(38-46)80(10,11)12)62-30-34-66(88-62)72(64-32-28-60(67)86-64)70-57(91-75(95)53-43-83(53,17)18)25-22-26-58(70)92-76(96)54-44-84(54,19)20/h21-40,51-54,59,63,85,88H,41-44H2,1-20H3,(H,89,93)(H,90,94)(H,91,95)(H,92,96)/b67-60-,68-62-,71-65+,72-66+/t51-,52-,53-,54-,59?,63?/m1/s1. The third-order valence-corrected chi connectivity index (χ3v) is 22.0. The number of carbonyl (C=O) groups is 4. The topological polar surface area (TPSA) is 169 Å². The van der Waals surface area contributed by atoms with Gasteiger partial charge in [-0.1, -0.05) is 199 Å². The molecule has 2 unspecified atom stereocenters. The molecular weight excluding hydrogens is 1180 g/mol. The molecule has 5 heterocycles. The molecule has 5 aromatic rings. The number of nitrogens with zero attached hydrogens (tertiary/aromatic N) is 2. The zero-order valence-corrected chi connectivity index (χ0v) is 60.4. The Bertz CT molecular complexity index is 4380. The van der Waals surface area contributed by atoms with Crippen LogP contribution in [0.3, 0.4) is 0 Å². The highest BCUT2D eigenvalue weighted by Crippen LogP contribution is 2.56. The zero-order valence-electron chi connectivity index (χ0n) is 60.4. The minimum atomic E-state index is -0.541. The van der Waals surface area contributed by atoms with Gasteiger partial charge in [0.05, 0.1) is 57.7 Å². The molecule has 12 nitrogen and oxygen atoms in total. The molecule has 4 aliphatic heterocycles. The lowest BCUT2D eigenvalue weighted by Crippen LogP contribution is -2.34. The maximum absolute atomic E-state index is 14.6. The second-order valence-electron chi connectivity index (χ2n) is 35.8. The highest BCUT2D eigenvalue weighted by atomic mass is 16.2. The Hall–Kier alpha value is -8.22. The fourth-order valence-electron chi connectivity index (χ4n) is 14.6. The molecule has 0 spiro atoms. The third-order valence-electron chi connectivity index (χ3n) is 22.0. The first-order valence-corrected chi connectivity index (χ1v) is 34.9. The van der Waals surface area contributed by atoms with Gasteiger partial charge in [0.15, 0.2) is 0 Å².